The van der Waals surface area contributed by atoms with E-state index in [1.165, 1.54) is 0 Å². The third-order valence-electron chi connectivity index (χ3n) is 3.82. The molecule has 114 valence electrons. The summed E-state index contributed by atoms with van der Waals surface area (Å²) in [6, 6.07) is 7.60. The zero-order chi connectivity index (χ0) is 15.4. The number of amides is 2. The van der Waals surface area contributed by atoms with Crippen LogP contribution in [0, 0.1) is 12.8 Å². The van der Waals surface area contributed by atoms with E-state index in [2.05, 4.69) is 5.32 Å². The number of rotatable bonds is 5. The van der Waals surface area contributed by atoms with E-state index in [1.54, 1.807) is 4.90 Å². The maximum Gasteiger partial charge on any atom is 0.239 e. The van der Waals surface area contributed by atoms with E-state index >= 15 is 0 Å². The smallest absolute Gasteiger partial charge is 0.239 e. The lowest BCUT2D eigenvalue weighted by molar-refractivity contribution is -0.132. The second-order valence-corrected chi connectivity index (χ2v) is 5.59. The molecule has 1 aromatic carbocycles. The van der Waals surface area contributed by atoms with E-state index in [1.807, 2.05) is 38.1 Å². The summed E-state index contributed by atoms with van der Waals surface area (Å²) in [4.78, 5) is 26.2. The molecule has 2 amide bonds. The van der Waals surface area contributed by atoms with Crippen molar-refractivity contribution in [2.24, 2.45) is 5.92 Å². The Hall–Kier alpha value is -1.88. The van der Waals surface area contributed by atoms with Gasteiger partial charge in [-0.3, -0.25) is 9.59 Å². The quantitative estimate of drug-likeness (QED) is 0.802. The first-order valence-corrected chi connectivity index (χ1v) is 7.32. The third kappa shape index (κ3) is 3.61. The molecule has 21 heavy (non-hydrogen) atoms. The maximum atomic E-state index is 12.4. The van der Waals surface area contributed by atoms with E-state index < -0.39 is 5.92 Å². The number of aryl methyl sites for hydroxylation is 1. The highest BCUT2D eigenvalue weighted by molar-refractivity contribution is 6.09. The Morgan fingerprint density at radius 3 is 2.71 bits per heavy atom. The molecular weight excluding hydrogens is 268 g/mol. The summed E-state index contributed by atoms with van der Waals surface area (Å²) in [6.07, 6.45) is 1.03. The fraction of sp³-hybridized carbons (Fsp3) is 0.500. The second kappa shape index (κ2) is 6.72. The van der Waals surface area contributed by atoms with Crippen molar-refractivity contribution in [2.45, 2.75) is 32.7 Å². The van der Waals surface area contributed by atoms with Crippen LogP contribution in [-0.4, -0.2) is 36.1 Å². The normalized spacial score (nSPS) is 19.7. The van der Waals surface area contributed by atoms with Crippen molar-refractivity contribution in [1.29, 1.82) is 0 Å². The molecule has 0 aromatic heterocycles. The Morgan fingerprint density at radius 2 is 2.10 bits per heavy atom. The van der Waals surface area contributed by atoms with Gasteiger partial charge >= 0.3 is 0 Å². The third-order valence-corrected chi connectivity index (χ3v) is 3.82. The Morgan fingerprint density at radius 1 is 1.43 bits per heavy atom. The molecule has 1 heterocycles. The number of nitrogens with zero attached hydrogens (tertiary/aromatic N) is 1. The first-order chi connectivity index (χ1) is 10.0. The SMILES string of the molecule is Cc1ccc(N2CCC(C(=O)NC(C)CCO)C2=O)cc1. The average molecular weight is 290 g/mol. The molecule has 2 N–H and O–H groups in total. The van der Waals surface area contributed by atoms with Crippen LogP contribution in [0.1, 0.15) is 25.3 Å². The van der Waals surface area contributed by atoms with Gasteiger partial charge in [0.05, 0.1) is 0 Å². The van der Waals surface area contributed by atoms with Crippen LogP contribution >= 0.6 is 0 Å². The highest BCUT2D eigenvalue weighted by Crippen LogP contribution is 2.25. The summed E-state index contributed by atoms with van der Waals surface area (Å²) in [5, 5.41) is 11.6. The molecule has 0 saturated carbocycles. The van der Waals surface area contributed by atoms with E-state index in [4.69, 9.17) is 5.11 Å². The lowest BCUT2D eigenvalue weighted by Crippen LogP contribution is -2.41. The van der Waals surface area contributed by atoms with Gasteiger partial charge in [0.1, 0.15) is 5.92 Å². The zero-order valence-corrected chi connectivity index (χ0v) is 12.5. The summed E-state index contributed by atoms with van der Waals surface area (Å²) in [7, 11) is 0. The first-order valence-electron chi connectivity index (χ1n) is 7.32. The number of carbonyl (C=O) groups is 2. The van der Waals surface area contributed by atoms with Crippen LogP contribution in [-0.2, 0) is 9.59 Å². The molecule has 1 saturated heterocycles. The summed E-state index contributed by atoms with van der Waals surface area (Å²) in [5.41, 5.74) is 1.97. The number of aliphatic hydroxyl groups is 1. The fourth-order valence-electron chi connectivity index (χ4n) is 2.51. The van der Waals surface area contributed by atoms with E-state index in [0.29, 0.717) is 19.4 Å². The molecule has 5 nitrogen and oxygen atoms in total. The molecule has 0 aliphatic carbocycles. The molecule has 2 atom stereocenters. The number of anilines is 1. The summed E-state index contributed by atoms with van der Waals surface area (Å²) in [5.74, 6) is -1.00. The number of benzene rings is 1. The molecule has 0 bridgehead atoms. The first kappa shape index (κ1) is 15.5. The van der Waals surface area contributed by atoms with Gasteiger partial charge in [0.25, 0.3) is 0 Å². The van der Waals surface area contributed by atoms with Crippen molar-refractivity contribution in [2.75, 3.05) is 18.1 Å². The van der Waals surface area contributed by atoms with E-state index in [0.717, 1.165) is 11.3 Å². The van der Waals surface area contributed by atoms with Crippen molar-refractivity contribution >= 4 is 17.5 Å². The van der Waals surface area contributed by atoms with Crippen molar-refractivity contribution in [3.05, 3.63) is 29.8 Å². The predicted octanol–water partition coefficient (Wildman–Crippen LogP) is 1.24. The average Bonchev–Trinajstić information content (AvgIpc) is 2.82. The molecule has 2 rings (SSSR count). The number of aliphatic hydroxyl groups excluding tert-OH is 1. The lowest BCUT2D eigenvalue weighted by atomic mass is 10.1. The molecular formula is C16H22N2O3. The van der Waals surface area contributed by atoms with Gasteiger partial charge in [-0.1, -0.05) is 17.7 Å². The molecule has 0 spiro atoms. The van der Waals surface area contributed by atoms with Gasteiger partial charge in [0.2, 0.25) is 11.8 Å². The van der Waals surface area contributed by atoms with E-state index in [9.17, 15) is 9.59 Å². The van der Waals surface area contributed by atoms with Gasteiger partial charge in [-0.15, -0.1) is 0 Å². The largest absolute Gasteiger partial charge is 0.396 e. The monoisotopic (exact) mass is 290 g/mol. The van der Waals surface area contributed by atoms with Crippen LogP contribution in [0.25, 0.3) is 0 Å². The minimum Gasteiger partial charge on any atom is -0.396 e. The molecule has 1 aliphatic heterocycles. The van der Waals surface area contributed by atoms with Gasteiger partial charge in [-0.05, 0) is 38.8 Å². The number of hydrogen-bond donors (Lipinski definition) is 2. The topological polar surface area (TPSA) is 69.6 Å². The number of carbonyl (C=O) groups excluding carboxylic acids is 2. The summed E-state index contributed by atoms with van der Waals surface area (Å²) < 4.78 is 0. The van der Waals surface area contributed by atoms with Crippen LogP contribution in [0.5, 0.6) is 0 Å². The Balaban J connectivity index is 2.01. The Bertz CT molecular complexity index is 513. The van der Waals surface area contributed by atoms with E-state index in [-0.39, 0.29) is 24.5 Å². The standard InChI is InChI=1S/C16H22N2O3/c1-11-3-5-13(6-4-11)18-9-7-14(16(18)21)15(20)17-12(2)8-10-19/h3-6,12,14,19H,7-10H2,1-2H3,(H,17,20). The molecule has 1 aliphatic rings. The van der Waals surface area contributed by atoms with Crippen LogP contribution in [0.15, 0.2) is 24.3 Å². The van der Waals surface area contributed by atoms with Crippen molar-refractivity contribution < 1.29 is 14.7 Å². The van der Waals surface area contributed by atoms with Gasteiger partial charge in [-0.2, -0.15) is 0 Å². The predicted molar refractivity (Wildman–Crippen MR) is 80.9 cm³/mol. The minimum absolute atomic E-state index is 0.0234. The highest BCUT2D eigenvalue weighted by Gasteiger charge is 2.37. The van der Waals surface area contributed by atoms with Crippen molar-refractivity contribution in [3.63, 3.8) is 0 Å². The van der Waals surface area contributed by atoms with Gasteiger partial charge < -0.3 is 15.3 Å². The van der Waals surface area contributed by atoms with Gasteiger partial charge in [0, 0.05) is 24.9 Å². The Kier molecular flexibility index (Phi) is 4.96. The van der Waals surface area contributed by atoms with Crippen molar-refractivity contribution in [1.82, 2.24) is 5.32 Å². The van der Waals surface area contributed by atoms with Crippen LogP contribution < -0.4 is 10.2 Å². The lowest BCUT2D eigenvalue weighted by Gasteiger charge is -2.18. The van der Waals surface area contributed by atoms with Crippen LogP contribution in [0.2, 0.25) is 0 Å². The Labute approximate surface area is 125 Å². The summed E-state index contributed by atoms with van der Waals surface area (Å²) in [6.45, 7) is 4.41. The van der Waals surface area contributed by atoms with Crippen LogP contribution in [0.4, 0.5) is 5.69 Å². The van der Waals surface area contributed by atoms with Crippen LogP contribution in [0.3, 0.4) is 0 Å². The number of nitrogens with one attached hydrogen (secondary N) is 1. The molecule has 0 radical (unpaired) electrons. The minimum atomic E-state index is -0.618. The zero-order valence-electron chi connectivity index (χ0n) is 12.5. The molecule has 1 fully saturated rings. The van der Waals surface area contributed by atoms with Gasteiger partial charge in [-0.25, -0.2) is 0 Å². The maximum absolute atomic E-state index is 12.4. The molecule has 5 heteroatoms. The number of hydrogen-bond acceptors (Lipinski definition) is 3. The van der Waals surface area contributed by atoms with Crippen molar-refractivity contribution in [3.8, 4) is 0 Å². The molecule has 2 unspecified atom stereocenters. The fourth-order valence-corrected chi connectivity index (χ4v) is 2.51. The summed E-state index contributed by atoms with van der Waals surface area (Å²) >= 11 is 0. The molecule has 1 aromatic rings. The van der Waals surface area contributed by atoms with Gasteiger partial charge in [0.15, 0.2) is 0 Å². The highest BCUT2D eigenvalue weighted by atomic mass is 16.3. The second-order valence-electron chi connectivity index (χ2n) is 5.59.